The van der Waals surface area contributed by atoms with Crippen LogP contribution in [0.3, 0.4) is 0 Å². The lowest BCUT2D eigenvalue weighted by atomic mass is 9.98. The van der Waals surface area contributed by atoms with E-state index < -0.39 is 0 Å². The van der Waals surface area contributed by atoms with E-state index in [0.29, 0.717) is 11.7 Å². The number of hydrogen-bond donors (Lipinski definition) is 1. The van der Waals surface area contributed by atoms with Crippen LogP contribution in [0.4, 0.5) is 0 Å². The summed E-state index contributed by atoms with van der Waals surface area (Å²) in [6.07, 6.45) is 12.7. The van der Waals surface area contributed by atoms with Crippen molar-refractivity contribution in [1.29, 1.82) is 0 Å². The fraction of sp³-hybridized carbons (Fsp3) is 1.00. The smallest absolute Gasteiger partial charge is 0.0708 e. The third-order valence-corrected chi connectivity index (χ3v) is 6.51. The van der Waals surface area contributed by atoms with Gasteiger partial charge in [-0.1, -0.05) is 19.8 Å². The molecule has 3 fully saturated rings. The van der Waals surface area contributed by atoms with Crippen molar-refractivity contribution in [3.05, 3.63) is 0 Å². The molecular formula is C16H29NOS. The van der Waals surface area contributed by atoms with E-state index in [1.54, 1.807) is 0 Å². The van der Waals surface area contributed by atoms with E-state index in [2.05, 4.69) is 24.0 Å². The van der Waals surface area contributed by atoms with Gasteiger partial charge in [-0.15, -0.1) is 0 Å². The molecule has 0 amide bonds. The predicted octanol–water partition coefficient (Wildman–Crippen LogP) is 3.74. The maximum absolute atomic E-state index is 6.38. The quantitative estimate of drug-likeness (QED) is 0.830. The summed E-state index contributed by atoms with van der Waals surface area (Å²) >= 11 is 2.14. The highest BCUT2D eigenvalue weighted by molar-refractivity contribution is 7.99. The van der Waals surface area contributed by atoms with Gasteiger partial charge in [-0.3, -0.25) is 0 Å². The average Bonchev–Trinajstić information content (AvgIpc) is 3.12. The van der Waals surface area contributed by atoms with E-state index in [-0.39, 0.29) is 0 Å². The van der Waals surface area contributed by atoms with Crippen LogP contribution in [0.5, 0.6) is 0 Å². The second-order valence-electron chi connectivity index (χ2n) is 6.66. The Morgan fingerprint density at radius 2 is 2.00 bits per heavy atom. The van der Waals surface area contributed by atoms with Gasteiger partial charge in [0.25, 0.3) is 0 Å². The fourth-order valence-corrected chi connectivity index (χ4v) is 5.38. The molecular weight excluding hydrogens is 254 g/mol. The molecule has 1 N–H and O–H groups in total. The number of thioether (sulfide) groups is 1. The van der Waals surface area contributed by atoms with Crippen molar-refractivity contribution < 1.29 is 4.74 Å². The minimum absolute atomic E-state index is 0.308. The summed E-state index contributed by atoms with van der Waals surface area (Å²) in [4.78, 5) is 0. The summed E-state index contributed by atoms with van der Waals surface area (Å²) < 4.78 is 6.38. The van der Waals surface area contributed by atoms with E-state index in [9.17, 15) is 0 Å². The van der Waals surface area contributed by atoms with Crippen molar-refractivity contribution in [2.75, 3.05) is 12.3 Å². The number of hydrogen-bond acceptors (Lipinski definition) is 3. The highest BCUT2D eigenvalue weighted by Crippen LogP contribution is 2.43. The van der Waals surface area contributed by atoms with Gasteiger partial charge in [0.1, 0.15) is 0 Å². The standard InChI is InChI=1S/C16H29NOS/c1-2-19-15-6-5-13(11-15)17-12-14-7-10-16(18-14)8-3-4-9-16/h13-15,17H,2-12H2,1H3. The molecule has 3 unspecified atom stereocenters. The molecule has 0 aromatic rings. The van der Waals surface area contributed by atoms with Gasteiger partial charge in [-0.05, 0) is 50.7 Å². The van der Waals surface area contributed by atoms with Crippen LogP contribution in [0, 0.1) is 0 Å². The van der Waals surface area contributed by atoms with Gasteiger partial charge in [0.05, 0.1) is 11.7 Å². The van der Waals surface area contributed by atoms with Gasteiger partial charge in [0.15, 0.2) is 0 Å². The summed E-state index contributed by atoms with van der Waals surface area (Å²) in [5.74, 6) is 1.27. The molecule has 3 atom stereocenters. The molecule has 0 bridgehead atoms. The molecule has 2 nitrogen and oxygen atoms in total. The Hall–Kier alpha value is 0.270. The van der Waals surface area contributed by atoms with Crippen molar-refractivity contribution in [2.24, 2.45) is 0 Å². The topological polar surface area (TPSA) is 21.3 Å². The Bertz CT molecular complexity index is 290. The maximum Gasteiger partial charge on any atom is 0.0708 e. The van der Waals surface area contributed by atoms with E-state index >= 15 is 0 Å². The summed E-state index contributed by atoms with van der Waals surface area (Å²) in [6, 6.07) is 0.757. The molecule has 1 spiro atoms. The molecule has 2 saturated carbocycles. The van der Waals surface area contributed by atoms with Gasteiger partial charge < -0.3 is 10.1 Å². The molecule has 0 radical (unpaired) electrons. The fourth-order valence-electron chi connectivity index (χ4n) is 4.24. The molecule has 3 heteroatoms. The lowest BCUT2D eigenvalue weighted by molar-refractivity contribution is -0.0358. The molecule has 0 aromatic carbocycles. The van der Waals surface area contributed by atoms with Crippen LogP contribution in [-0.2, 0) is 4.74 Å². The van der Waals surface area contributed by atoms with Gasteiger partial charge in [-0.2, -0.15) is 11.8 Å². The van der Waals surface area contributed by atoms with Crippen LogP contribution in [0.2, 0.25) is 0 Å². The number of nitrogens with one attached hydrogen (secondary N) is 1. The van der Waals surface area contributed by atoms with Crippen LogP contribution >= 0.6 is 11.8 Å². The zero-order valence-electron chi connectivity index (χ0n) is 12.3. The molecule has 1 heterocycles. The summed E-state index contributed by atoms with van der Waals surface area (Å²) in [6.45, 7) is 3.37. The zero-order valence-corrected chi connectivity index (χ0v) is 13.1. The lowest BCUT2D eigenvalue weighted by Crippen LogP contribution is -2.35. The second kappa shape index (κ2) is 6.36. The van der Waals surface area contributed by atoms with Crippen LogP contribution in [-0.4, -0.2) is 35.3 Å². The summed E-state index contributed by atoms with van der Waals surface area (Å²) in [5, 5.41) is 4.69. The monoisotopic (exact) mass is 283 g/mol. The average molecular weight is 283 g/mol. The van der Waals surface area contributed by atoms with Crippen LogP contribution in [0.25, 0.3) is 0 Å². The Balaban J connectivity index is 1.37. The molecule has 110 valence electrons. The minimum atomic E-state index is 0.308. The van der Waals surface area contributed by atoms with Crippen molar-refractivity contribution in [2.45, 2.75) is 87.7 Å². The first-order valence-corrected chi connectivity index (χ1v) is 9.37. The summed E-state index contributed by atoms with van der Waals surface area (Å²) in [7, 11) is 0. The highest BCUT2D eigenvalue weighted by Gasteiger charge is 2.42. The maximum atomic E-state index is 6.38. The number of rotatable bonds is 5. The van der Waals surface area contributed by atoms with Crippen LogP contribution in [0.15, 0.2) is 0 Å². The number of ether oxygens (including phenoxy) is 1. The first-order valence-electron chi connectivity index (χ1n) is 8.32. The third-order valence-electron chi connectivity index (χ3n) is 5.27. The second-order valence-corrected chi connectivity index (χ2v) is 8.24. The largest absolute Gasteiger partial charge is 0.370 e. The molecule has 1 saturated heterocycles. The Morgan fingerprint density at radius 3 is 2.79 bits per heavy atom. The SMILES string of the molecule is CCSC1CCC(NCC2CCC3(CCCC3)O2)C1. The molecule has 3 aliphatic rings. The third kappa shape index (κ3) is 3.48. The predicted molar refractivity (Wildman–Crippen MR) is 82.9 cm³/mol. The van der Waals surface area contributed by atoms with Gasteiger partial charge in [-0.25, -0.2) is 0 Å². The van der Waals surface area contributed by atoms with Gasteiger partial charge in [0, 0.05) is 17.8 Å². The van der Waals surface area contributed by atoms with Gasteiger partial charge in [0.2, 0.25) is 0 Å². The van der Waals surface area contributed by atoms with E-state index in [1.165, 1.54) is 63.5 Å². The Labute approximate surface area is 122 Å². The highest BCUT2D eigenvalue weighted by atomic mass is 32.2. The van der Waals surface area contributed by atoms with Crippen molar-refractivity contribution in [1.82, 2.24) is 5.32 Å². The first-order chi connectivity index (χ1) is 9.30. The van der Waals surface area contributed by atoms with Crippen LogP contribution < -0.4 is 5.32 Å². The molecule has 3 rings (SSSR count). The Morgan fingerprint density at radius 1 is 1.16 bits per heavy atom. The molecule has 19 heavy (non-hydrogen) atoms. The molecule has 2 aliphatic carbocycles. The minimum Gasteiger partial charge on any atom is -0.370 e. The molecule has 0 aromatic heterocycles. The van der Waals surface area contributed by atoms with E-state index in [1.807, 2.05) is 0 Å². The lowest BCUT2D eigenvalue weighted by Gasteiger charge is -2.24. The Kier molecular flexibility index (Phi) is 4.76. The van der Waals surface area contributed by atoms with Crippen molar-refractivity contribution in [3.8, 4) is 0 Å². The normalized spacial score (nSPS) is 37.4. The first kappa shape index (κ1) is 14.2. The van der Waals surface area contributed by atoms with E-state index in [0.717, 1.165) is 17.8 Å². The van der Waals surface area contributed by atoms with Crippen LogP contribution in [0.1, 0.15) is 64.7 Å². The van der Waals surface area contributed by atoms with E-state index in [4.69, 9.17) is 4.74 Å². The van der Waals surface area contributed by atoms with Crippen molar-refractivity contribution in [3.63, 3.8) is 0 Å². The molecule has 1 aliphatic heterocycles. The zero-order chi connectivity index (χ0) is 13.1. The van der Waals surface area contributed by atoms with Crippen molar-refractivity contribution >= 4 is 11.8 Å². The summed E-state index contributed by atoms with van der Waals surface area (Å²) in [5.41, 5.74) is 0.308. The van der Waals surface area contributed by atoms with Gasteiger partial charge >= 0.3 is 0 Å².